The van der Waals surface area contributed by atoms with Gasteiger partial charge >= 0.3 is 0 Å². The fourth-order valence-electron chi connectivity index (χ4n) is 10.4. The summed E-state index contributed by atoms with van der Waals surface area (Å²) in [4.78, 5) is 9.67. The second-order valence-electron chi connectivity index (χ2n) is 19.3. The van der Waals surface area contributed by atoms with Crippen LogP contribution in [0.15, 0.2) is 94.9 Å². The van der Waals surface area contributed by atoms with Crippen LogP contribution in [0, 0.1) is 11.8 Å². The fraction of sp³-hybridized carbons (Fsp3) is 0.483. The smallest absolute Gasteiger partial charge is 0.175 e. The summed E-state index contributed by atoms with van der Waals surface area (Å²) < 4.78 is 37.1. The summed E-state index contributed by atoms with van der Waals surface area (Å²) in [6, 6.07) is 28.7. The zero-order chi connectivity index (χ0) is 46.7. The lowest BCUT2D eigenvalue weighted by molar-refractivity contribution is 0.265. The number of nitrogens with zero attached hydrogens (tertiary/aromatic N) is 2. The van der Waals surface area contributed by atoms with E-state index >= 15 is 0 Å². The maximum Gasteiger partial charge on any atom is 0.175 e. The molecule has 5 aromatic carbocycles. The van der Waals surface area contributed by atoms with Crippen LogP contribution in [0.3, 0.4) is 0 Å². The number of hydrogen-bond donors (Lipinski definition) is 0. The minimum Gasteiger partial charge on any atom is -0.494 e. The molecule has 2 heterocycles. The third kappa shape index (κ3) is 12.1. The van der Waals surface area contributed by atoms with Gasteiger partial charge in [-0.3, -0.25) is 0 Å². The average molecular weight is 960 g/mol. The molecule has 68 heavy (non-hydrogen) atoms. The Morgan fingerprint density at radius 3 is 1.18 bits per heavy atom. The Morgan fingerprint density at radius 1 is 0.456 bits per heavy atom. The number of fused-ring (bicyclic) bond motifs is 4. The molecule has 9 rings (SSSR count). The van der Waals surface area contributed by atoms with Crippen molar-refractivity contribution in [2.45, 2.75) is 141 Å². The van der Waals surface area contributed by atoms with Gasteiger partial charge in [0.05, 0.1) is 26.4 Å². The molecule has 0 atom stereocenters. The number of hydrogen-bond acceptors (Lipinski definition) is 8. The number of rotatable bonds is 22. The number of benzene rings is 5. The molecule has 360 valence electrons. The summed E-state index contributed by atoms with van der Waals surface area (Å²) in [7, 11) is 0. The van der Waals surface area contributed by atoms with Crippen LogP contribution in [-0.2, 0) is 0 Å². The van der Waals surface area contributed by atoms with Crippen molar-refractivity contribution in [2.24, 2.45) is 21.8 Å². The Hall–Kier alpha value is -4.92. The molecular weight excluding hydrogens is 892 g/mol. The standard InChI is InChI=1S/C58H68Cl2N2O6/c1-3-5-11-39-13-17-41(18-14-39)43-21-25-45(26-22-43)63-33-7-9-35-65-47-29-31-49-51(37-47)67-57-53(59)56-58(54(60)55(57)61-49)68-52-38-48(30-32-50(52)62-56)66-36-10-8-34-64-46-27-23-44(24-28-46)42-19-15-40(16-20-42)12-6-4-2/h21-32,37-42H,3-20,33-36H2,1-2H3. The van der Waals surface area contributed by atoms with Crippen LogP contribution in [0.5, 0.6) is 46.0 Å². The van der Waals surface area contributed by atoms with Gasteiger partial charge in [-0.15, -0.1) is 0 Å². The molecule has 0 aromatic heterocycles. The number of ether oxygens (including phenoxy) is 6. The van der Waals surface area contributed by atoms with Gasteiger partial charge in [0.25, 0.3) is 0 Å². The molecular formula is C58H68Cl2N2O6. The molecule has 8 nitrogen and oxygen atoms in total. The maximum atomic E-state index is 6.97. The molecule has 2 fully saturated rings. The highest BCUT2D eigenvalue weighted by Gasteiger charge is 2.28. The van der Waals surface area contributed by atoms with Crippen molar-refractivity contribution in [1.82, 2.24) is 0 Å². The number of unbranched alkanes of at least 4 members (excludes halogenated alkanes) is 4. The first-order chi connectivity index (χ1) is 33.4. The third-order valence-electron chi connectivity index (χ3n) is 14.5. The van der Waals surface area contributed by atoms with E-state index in [-0.39, 0.29) is 10.0 Å². The molecule has 5 aromatic rings. The first kappa shape index (κ1) is 48.1. The van der Waals surface area contributed by atoms with Crippen molar-refractivity contribution in [1.29, 1.82) is 0 Å². The summed E-state index contributed by atoms with van der Waals surface area (Å²) in [5.74, 6) is 8.14. The SMILES string of the molecule is CCCCC1CCC(c2ccc(OCCCCOc3ccc4c(c3)Oc3c(Cl)c5c(c(Cl)c3=N4)Oc3cc(OCCCCOc4ccc(C6CCC(CCCC)CC6)cc4)ccc3N=5)cc2)CC1. The van der Waals surface area contributed by atoms with E-state index in [0.717, 1.165) is 49.0 Å². The van der Waals surface area contributed by atoms with Gasteiger partial charge in [-0.05, 0) is 160 Å². The van der Waals surface area contributed by atoms with Gasteiger partial charge in [-0.25, -0.2) is 9.98 Å². The molecule has 0 radical (unpaired) electrons. The molecule has 4 aliphatic rings. The van der Waals surface area contributed by atoms with Gasteiger partial charge < -0.3 is 28.4 Å². The summed E-state index contributed by atoms with van der Waals surface area (Å²) in [6.07, 6.45) is 22.3. The van der Waals surface area contributed by atoms with Gasteiger partial charge in [0.2, 0.25) is 0 Å². The normalized spacial score (nSPS) is 19.1. The van der Waals surface area contributed by atoms with E-state index in [2.05, 4.69) is 62.4 Å². The van der Waals surface area contributed by atoms with E-state index in [1.54, 1.807) is 0 Å². The summed E-state index contributed by atoms with van der Waals surface area (Å²) >= 11 is 13.9. The Kier molecular flexibility index (Phi) is 16.7. The minimum absolute atomic E-state index is 0.268. The molecule has 0 N–H and O–H groups in total. The first-order valence-electron chi connectivity index (χ1n) is 25.8. The number of halogens is 2. The van der Waals surface area contributed by atoms with E-state index < -0.39 is 0 Å². The highest BCUT2D eigenvalue weighted by atomic mass is 35.5. The van der Waals surface area contributed by atoms with Crippen LogP contribution in [0.2, 0.25) is 10.0 Å². The quantitative estimate of drug-likeness (QED) is 0.0630. The van der Waals surface area contributed by atoms with Crippen molar-refractivity contribution >= 4 is 34.6 Å². The third-order valence-corrected chi connectivity index (χ3v) is 15.2. The lowest BCUT2D eigenvalue weighted by Crippen LogP contribution is -2.22. The van der Waals surface area contributed by atoms with Crippen molar-refractivity contribution in [2.75, 3.05) is 26.4 Å². The molecule has 0 unspecified atom stereocenters. The van der Waals surface area contributed by atoms with E-state index in [9.17, 15) is 0 Å². The molecule has 0 spiro atoms. The fourth-order valence-corrected chi connectivity index (χ4v) is 10.9. The molecule has 2 saturated carbocycles. The lowest BCUT2D eigenvalue weighted by Gasteiger charge is -2.28. The zero-order valence-electron chi connectivity index (χ0n) is 40.0. The van der Waals surface area contributed by atoms with Crippen LogP contribution < -0.4 is 39.1 Å². The van der Waals surface area contributed by atoms with E-state index in [1.807, 2.05) is 36.4 Å². The van der Waals surface area contributed by atoms with Crippen molar-refractivity contribution in [3.63, 3.8) is 0 Å². The highest BCUT2D eigenvalue weighted by Crippen LogP contribution is 2.45. The first-order valence-corrected chi connectivity index (χ1v) is 26.5. The molecule has 2 aliphatic heterocycles. The van der Waals surface area contributed by atoms with Crippen LogP contribution in [0.1, 0.15) is 152 Å². The van der Waals surface area contributed by atoms with Gasteiger partial charge in [-0.1, -0.05) is 99.8 Å². The van der Waals surface area contributed by atoms with Crippen LogP contribution >= 0.6 is 23.2 Å². The maximum absolute atomic E-state index is 6.97. The summed E-state index contributed by atoms with van der Waals surface area (Å²) in [5.41, 5.74) is 4.13. The zero-order valence-corrected chi connectivity index (χ0v) is 41.6. The van der Waals surface area contributed by atoms with Crippen LogP contribution in [-0.4, -0.2) is 26.4 Å². The van der Waals surface area contributed by atoms with E-state index in [0.29, 0.717) is 94.8 Å². The van der Waals surface area contributed by atoms with Gasteiger partial charge in [0.15, 0.2) is 23.0 Å². The monoisotopic (exact) mass is 958 g/mol. The highest BCUT2D eigenvalue weighted by molar-refractivity contribution is 6.35. The predicted octanol–water partition coefficient (Wildman–Crippen LogP) is 16.5. The Balaban J connectivity index is 0.706. The van der Waals surface area contributed by atoms with Crippen molar-refractivity contribution < 1.29 is 28.4 Å². The van der Waals surface area contributed by atoms with Crippen molar-refractivity contribution in [3.8, 4) is 46.0 Å². The second-order valence-corrected chi connectivity index (χ2v) is 20.1. The lowest BCUT2D eigenvalue weighted by atomic mass is 9.77. The van der Waals surface area contributed by atoms with E-state index in [4.69, 9.17) is 61.6 Å². The predicted molar refractivity (Wildman–Crippen MR) is 273 cm³/mol. The van der Waals surface area contributed by atoms with Crippen LogP contribution in [0.25, 0.3) is 0 Å². The largest absolute Gasteiger partial charge is 0.494 e. The second kappa shape index (κ2) is 23.6. The molecule has 0 saturated heterocycles. The average Bonchev–Trinajstić information content (AvgIpc) is 3.38. The van der Waals surface area contributed by atoms with Gasteiger partial charge in [-0.2, -0.15) is 0 Å². The molecule has 0 amide bonds. The Labute approximate surface area is 413 Å². The Bertz CT molecular complexity index is 2390. The van der Waals surface area contributed by atoms with E-state index in [1.165, 1.54) is 101 Å². The topological polar surface area (TPSA) is 80.1 Å². The Morgan fingerprint density at radius 2 is 0.809 bits per heavy atom. The molecule has 10 heteroatoms. The summed E-state index contributed by atoms with van der Waals surface area (Å²) in [5, 5.41) is 1.31. The summed E-state index contributed by atoms with van der Waals surface area (Å²) in [6.45, 7) is 6.95. The van der Waals surface area contributed by atoms with Gasteiger partial charge in [0.1, 0.15) is 55.1 Å². The molecule has 0 bridgehead atoms. The molecule has 2 aliphatic carbocycles. The van der Waals surface area contributed by atoms with Crippen LogP contribution in [0.4, 0.5) is 11.4 Å². The minimum atomic E-state index is 0.268. The van der Waals surface area contributed by atoms with Crippen molar-refractivity contribution in [3.05, 3.63) is 117 Å². The van der Waals surface area contributed by atoms with Gasteiger partial charge in [0, 0.05) is 12.1 Å².